The molecular formula is C12H13F3N. The Morgan fingerprint density at radius 2 is 1.50 bits per heavy atom. The van der Waals surface area contributed by atoms with E-state index in [-0.39, 0.29) is 0 Å². The molecule has 87 valence electrons. The monoisotopic (exact) mass is 228 g/mol. The molecule has 1 nitrogen and oxygen atoms in total. The first kappa shape index (κ1) is 11.3. The van der Waals surface area contributed by atoms with Crippen molar-refractivity contribution in [3.8, 4) is 0 Å². The molecule has 1 aromatic carbocycles. The van der Waals surface area contributed by atoms with Gasteiger partial charge in [-0.15, -0.1) is 0 Å². The van der Waals surface area contributed by atoms with E-state index in [1.807, 2.05) is 0 Å². The zero-order valence-electron chi connectivity index (χ0n) is 8.80. The molecule has 1 aromatic rings. The fraction of sp³-hybridized carbons (Fsp3) is 0.417. The van der Waals surface area contributed by atoms with Crippen molar-refractivity contribution in [1.82, 2.24) is 0 Å². The van der Waals surface area contributed by atoms with Crippen LogP contribution >= 0.6 is 0 Å². The third kappa shape index (κ3) is 2.49. The average Bonchev–Trinajstić information content (AvgIpc) is 2.29. The molecule has 1 radical (unpaired) electrons. The third-order valence-electron chi connectivity index (χ3n) is 2.77. The van der Waals surface area contributed by atoms with Gasteiger partial charge in [-0.3, -0.25) is 0 Å². The van der Waals surface area contributed by atoms with Crippen LogP contribution in [0.25, 0.3) is 0 Å². The van der Waals surface area contributed by atoms with Crippen molar-refractivity contribution in [2.45, 2.75) is 19.0 Å². The van der Waals surface area contributed by atoms with Gasteiger partial charge in [0.05, 0.1) is 5.56 Å². The fourth-order valence-electron chi connectivity index (χ4n) is 1.87. The van der Waals surface area contributed by atoms with Gasteiger partial charge in [0.25, 0.3) is 0 Å². The van der Waals surface area contributed by atoms with Gasteiger partial charge in [0.1, 0.15) is 0 Å². The summed E-state index contributed by atoms with van der Waals surface area (Å²) in [6, 6.07) is 5.39. The Morgan fingerprint density at radius 3 is 2.00 bits per heavy atom. The minimum Gasteiger partial charge on any atom is -0.372 e. The summed E-state index contributed by atoms with van der Waals surface area (Å²) in [6.45, 7) is 1.79. The van der Waals surface area contributed by atoms with E-state index in [0.717, 1.165) is 43.8 Å². The molecule has 1 aliphatic heterocycles. The maximum absolute atomic E-state index is 12.3. The summed E-state index contributed by atoms with van der Waals surface area (Å²) in [6.07, 6.45) is -0.0309. The third-order valence-corrected chi connectivity index (χ3v) is 2.77. The van der Waals surface area contributed by atoms with Crippen molar-refractivity contribution in [3.05, 3.63) is 36.2 Å². The minimum absolute atomic E-state index is 0.583. The second-order valence-electron chi connectivity index (χ2n) is 3.90. The molecule has 0 amide bonds. The summed E-state index contributed by atoms with van der Waals surface area (Å²) in [5, 5.41) is 0. The summed E-state index contributed by atoms with van der Waals surface area (Å²) >= 11 is 0. The Labute approximate surface area is 92.9 Å². The maximum Gasteiger partial charge on any atom is 0.416 e. The number of benzene rings is 1. The molecule has 0 saturated carbocycles. The minimum atomic E-state index is -4.24. The highest BCUT2D eigenvalue weighted by molar-refractivity contribution is 5.48. The van der Waals surface area contributed by atoms with Crippen molar-refractivity contribution >= 4 is 5.69 Å². The molecule has 0 bridgehead atoms. The van der Waals surface area contributed by atoms with Crippen LogP contribution in [-0.2, 0) is 6.18 Å². The Bertz CT molecular complexity index is 336. The number of halogens is 3. The molecule has 0 unspecified atom stereocenters. The predicted molar refractivity (Wildman–Crippen MR) is 57.2 cm³/mol. The molecule has 0 spiro atoms. The van der Waals surface area contributed by atoms with Crippen LogP contribution in [-0.4, -0.2) is 13.1 Å². The number of hydrogen-bond donors (Lipinski definition) is 0. The van der Waals surface area contributed by atoms with Crippen LogP contribution in [0.2, 0.25) is 0 Å². The Balaban J connectivity index is 2.12. The first-order chi connectivity index (χ1) is 7.57. The fourth-order valence-corrected chi connectivity index (χ4v) is 1.87. The molecule has 1 heterocycles. The van der Waals surface area contributed by atoms with Crippen LogP contribution in [0.3, 0.4) is 0 Å². The Morgan fingerprint density at radius 1 is 0.938 bits per heavy atom. The number of hydrogen-bond acceptors (Lipinski definition) is 1. The molecule has 16 heavy (non-hydrogen) atoms. The maximum atomic E-state index is 12.3. The van der Waals surface area contributed by atoms with Gasteiger partial charge in [0.15, 0.2) is 0 Å². The molecule has 1 saturated heterocycles. The first-order valence-electron chi connectivity index (χ1n) is 5.31. The molecular weight excluding hydrogens is 215 g/mol. The van der Waals surface area contributed by atoms with E-state index in [2.05, 4.69) is 11.3 Å². The van der Waals surface area contributed by atoms with Crippen molar-refractivity contribution in [2.75, 3.05) is 18.0 Å². The summed E-state index contributed by atoms with van der Waals surface area (Å²) in [4.78, 5) is 2.11. The zero-order chi connectivity index (χ0) is 11.6. The van der Waals surface area contributed by atoms with Crippen LogP contribution in [0, 0.1) is 6.42 Å². The molecule has 1 aliphatic rings. The second kappa shape index (κ2) is 4.36. The van der Waals surface area contributed by atoms with Crippen molar-refractivity contribution < 1.29 is 13.2 Å². The lowest BCUT2D eigenvalue weighted by Crippen LogP contribution is -2.29. The highest BCUT2D eigenvalue weighted by Gasteiger charge is 2.30. The van der Waals surface area contributed by atoms with Crippen LogP contribution in [0.4, 0.5) is 18.9 Å². The smallest absolute Gasteiger partial charge is 0.372 e. The topological polar surface area (TPSA) is 3.24 Å². The Kier molecular flexibility index (Phi) is 3.08. The number of rotatable bonds is 1. The van der Waals surface area contributed by atoms with E-state index in [1.165, 1.54) is 0 Å². The van der Waals surface area contributed by atoms with Gasteiger partial charge in [-0.05, 0) is 43.5 Å². The van der Waals surface area contributed by atoms with Gasteiger partial charge in [0, 0.05) is 18.8 Å². The van der Waals surface area contributed by atoms with E-state index >= 15 is 0 Å². The summed E-state index contributed by atoms with van der Waals surface area (Å²) in [7, 11) is 0. The lowest BCUT2D eigenvalue weighted by Gasteiger charge is -2.28. The zero-order valence-corrected chi connectivity index (χ0v) is 8.80. The van der Waals surface area contributed by atoms with Gasteiger partial charge in [0.2, 0.25) is 0 Å². The molecule has 4 heteroatoms. The number of anilines is 1. The molecule has 0 aromatic heterocycles. The second-order valence-corrected chi connectivity index (χ2v) is 3.90. The molecule has 2 rings (SSSR count). The Hall–Kier alpha value is -1.19. The van der Waals surface area contributed by atoms with E-state index in [1.54, 1.807) is 12.1 Å². The van der Waals surface area contributed by atoms with E-state index in [0.29, 0.717) is 0 Å². The van der Waals surface area contributed by atoms with E-state index in [4.69, 9.17) is 0 Å². The summed E-state index contributed by atoms with van der Waals surface area (Å²) < 4.78 is 37.0. The lowest BCUT2D eigenvalue weighted by molar-refractivity contribution is -0.137. The first-order valence-corrected chi connectivity index (χ1v) is 5.31. The molecule has 0 N–H and O–H groups in total. The number of alkyl halides is 3. The van der Waals surface area contributed by atoms with E-state index in [9.17, 15) is 13.2 Å². The normalized spacial score (nSPS) is 17.6. The van der Waals surface area contributed by atoms with Crippen LogP contribution in [0.15, 0.2) is 24.3 Å². The van der Waals surface area contributed by atoms with Gasteiger partial charge < -0.3 is 4.90 Å². The lowest BCUT2D eigenvalue weighted by atomic mass is 10.1. The van der Waals surface area contributed by atoms with Gasteiger partial charge in [-0.25, -0.2) is 0 Å². The molecule has 0 aliphatic carbocycles. The SMILES string of the molecule is FC(F)(F)c1ccc(N2CC[CH]CC2)cc1. The quantitative estimate of drug-likeness (QED) is 0.711. The summed E-state index contributed by atoms with van der Waals surface area (Å²) in [5.41, 5.74) is 0.293. The predicted octanol–water partition coefficient (Wildman–Crippen LogP) is 3.51. The number of nitrogens with zero attached hydrogens (tertiary/aromatic N) is 1. The van der Waals surface area contributed by atoms with Crippen molar-refractivity contribution in [3.63, 3.8) is 0 Å². The van der Waals surface area contributed by atoms with Crippen LogP contribution in [0.5, 0.6) is 0 Å². The van der Waals surface area contributed by atoms with Crippen molar-refractivity contribution in [1.29, 1.82) is 0 Å². The van der Waals surface area contributed by atoms with Gasteiger partial charge in [-0.2, -0.15) is 13.2 Å². The van der Waals surface area contributed by atoms with Gasteiger partial charge in [-0.1, -0.05) is 0 Å². The highest BCUT2D eigenvalue weighted by atomic mass is 19.4. The largest absolute Gasteiger partial charge is 0.416 e. The van der Waals surface area contributed by atoms with Gasteiger partial charge >= 0.3 is 6.18 Å². The van der Waals surface area contributed by atoms with Crippen LogP contribution in [0.1, 0.15) is 18.4 Å². The average molecular weight is 228 g/mol. The molecule has 0 atom stereocenters. The summed E-state index contributed by atoms with van der Waals surface area (Å²) in [5.74, 6) is 0. The van der Waals surface area contributed by atoms with E-state index < -0.39 is 11.7 Å². The highest BCUT2D eigenvalue weighted by Crippen LogP contribution is 2.30. The van der Waals surface area contributed by atoms with Crippen LogP contribution < -0.4 is 4.90 Å². The molecule has 1 fully saturated rings. The standard InChI is InChI=1S/C12H13F3N/c13-12(14,15)10-4-6-11(7-5-10)16-8-2-1-3-9-16/h1,4-7H,2-3,8-9H2. The van der Waals surface area contributed by atoms with Crippen molar-refractivity contribution in [2.24, 2.45) is 0 Å². The number of piperidine rings is 1.